The number of carbonyl (C=O) groups excluding carboxylic acids is 1. The molecule has 20 heavy (non-hydrogen) atoms. The zero-order chi connectivity index (χ0) is 14.3. The molecule has 0 radical (unpaired) electrons. The Kier molecular flexibility index (Phi) is 9.21. The highest BCUT2D eigenvalue weighted by Crippen LogP contribution is 2.05. The summed E-state index contributed by atoms with van der Waals surface area (Å²) in [7, 11) is 1.65. The molecule has 1 unspecified atom stereocenters. The van der Waals surface area contributed by atoms with E-state index in [9.17, 15) is 4.79 Å². The van der Waals surface area contributed by atoms with Gasteiger partial charge in [0.15, 0.2) is 0 Å². The number of hydrogen-bond acceptors (Lipinski definition) is 3. The van der Waals surface area contributed by atoms with Crippen molar-refractivity contribution in [3.05, 3.63) is 35.9 Å². The van der Waals surface area contributed by atoms with Crippen LogP contribution in [0.1, 0.15) is 19.4 Å². The minimum atomic E-state index is -0.521. The fourth-order valence-electron chi connectivity index (χ4n) is 1.88. The Bertz CT molecular complexity index is 385. The number of nitrogens with two attached hydrogens (primary N) is 1. The second-order valence-electron chi connectivity index (χ2n) is 5.06. The zero-order valence-corrected chi connectivity index (χ0v) is 13.2. The van der Waals surface area contributed by atoms with Gasteiger partial charge in [-0.2, -0.15) is 0 Å². The number of methoxy groups -OCH3 is 1. The van der Waals surface area contributed by atoms with Crippen LogP contribution >= 0.6 is 12.4 Å². The average Bonchev–Trinajstić information content (AvgIpc) is 2.39. The first-order chi connectivity index (χ1) is 9.04. The monoisotopic (exact) mass is 300 g/mol. The van der Waals surface area contributed by atoms with E-state index in [1.165, 1.54) is 0 Å². The van der Waals surface area contributed by atoms with E-state index in [4.69, 9.17) is 10.5 Å². The van der Waals surface area contributed by atoms with Gasteiger partial charge in [-0.25, -0.2) is 0 Å². The van der Waals surface area contributed by atoms with Gasteiger partial charge < -0.3 is 15.8 Å². The SMILES string of the molecule is COC(CNC(=O)[C@@H](N)Cc1ccccc1)C(C)C.Cl. The van der Waals surface area contributed by atoms with E-state index in [1.807, 2.05) is 30.3 Å². The molecule has 0 spiro atoms. The molecule has 1 rings (SSSR count). The molecule has 0 heterocycles. The Morgan fingerprint density at radius 2 is 1.90 bits per heavy atom. The third-order valence-corrected chi connectivity index (χ3v) is 3.16. The van der Waals surface area contributed by atoms with Crippen molar-refractivity contribution in [1.82, 2.24) is 5.32 Å². The van der Waals surface area contributed by atoms with Gasteiger partial charge in [0.2, 0.25) is 5.91 Å². The van der Waals surface area contributed by atoms with E-state index in [2.05, 4.69) is 19.2 Å². The van der Waals surface area contributed by atoms with Crippen LogP contribution in [0.5, 0.6) is 0 Å². The van der Waals surface area contributed by atoms with Crippen LogP contribution in [-0.4, -0.2) is 31.7 Å². The quantitative estimate of drug-likeness (QED) is 0.806. The van der Waals surface area contributed by atoms with Gasteiger partial charge in [-0.05, 0) is 17.9 Å². The van der Waals surface area contributed by atoms with Crippen molar-refractivity contribution in [3.63, 3.8) is 0 Å². The molecule has 0 aliphatic carbocycles. The molecule has 1 amide bonds. The third-order valence-electron chi connectivity index (χ3n) is 3.16. The van der Waals surface area contributed by atoms with Crippen LogP contribution in [0.4, 0.5) is 0 Å². The van der Waals surface area contributed by atoms with Gasteiger partial charge in [-0.15, -0.1) is 12.4 Å². The van der Waals surface area contributed by atoms with Crippen molar-refractivity contribution in [2.75, 3.05) is 13.7 Å². The number of ether oxygens (including phenoxy) is 1. The van der Waals surface area contributed by atoms with E-state index >= 15 is 0 Å². The fraction of sp³-hybridized carbons (Fsp3) is 0.533. The first-order valence-electron chi connectivity index (χ1n) is 6.64. The second kappa shape index (κ2) is 9.75. The van der Waals surface area contributed by atoms with E-state index in [1.54, 1.807) is 7.11 Å². The summed E-state index contributed by atoms with van der Waals surface area (Å²) in [5.74, 6) is 0.224. The largest absolute Gasteiger partial charge is 0.379 e. The van der Waals surface area contributed by atoms with E-state index in [-0.39, 0.29) is 24.4 Å². The molecule has 0 aromatic heterocycles. The van der Waals surface area contributed by atoms with Gasteiger partial charge in [-0.3, -0.25) is 4.79 Å². The minimum Gasteiger partial charge on any atom is -0.379 e. The molecule has 3 N–H and O–H groups in total. The number of hydrogen-bond donors (Lipinski definition) is 2. The summed E-state index contributed by atoms with van der Waals surface area (Å²) < 4.78 is 5.30. The van der Waals surface area contributed by atoms with Crippen molar-refractivity contribution in [2.24, 2.45) is 11.7 Å². The highest BCUT2D eigenvalue weighted by atomic mass is 35.5. The molecular formula is C15H25ClN2O2. The fourth-order valence-corrected chi connectivity index (χ4v) is 1.88. The lowest BCUT2D eigenvalue weighted by atomic mass is 10.1. The standard InChI is InChI=1S/C15H24N2O2.ClH/c1-11(2)14(19-3)10-17-15(18)13(16)9-12-7-5-4-6-8-12;/h4-8,11,13-14H,9-10,16H2,1-3H3,(H,17,18);1H/t13-,14?;/m0./s1. The van der Waals surface area contributed by atoms with Crippen LogP contribution in [0, 0.1) is 5.92 Å². The van der Waals surface area contributed by atoms with Crippen LogP contribution in [0.3, 0.4) is 0 Å². The van der Waals surface area contributed by atoms with Gasteiger partial charge in [-0.1, -0.05) is 44.2 Å². The second-order valence-corrected chi connectivity index (χ2v) is 5.06. The predicted octanol–water partition coefficient (Wildman–Crippen LogP) is 1.77. The smallest absolute Gasteiger partial charge is 0.237 e. The third kappa shape index (κ3) is 6.37. The highest BCUT2D eigenvalue weighted by Gasteiger charge is 2.17. The van der Waals surface area contributed by atoms with E-state index in [0.29, 0.717) is 18.9 Å². The summed E-state index contributed by atoms with van der Waals surface area (Å²) in [6.07, 6.45) is 0.569. The maximum absolute atomic E-state index is 11.9. The molecule has 0 saturated heterocycles. The van der Waals surface area contributed by atoms with Gasteiger partial charge >= 0.3 is 0 Å². The molecule has 114 valence electrons. The Balaban J connectivity index is 0.00000361. The number of halogens is 1. The summed E-state index contributed by atoms with van der Waals surface area (Å²) in [6.45, 7) is 4.62. The normalized spacial score (nSPS) is 13.4. The van der Waals surface area contributed by atoms with Crippen molar-refractivity contribution in [2.45, 2.75) is 32.4 Å². The molecule has 1 aromatic rings. The lowest BCUT2D eigenvalue weighted by molar-refractivity contribution is -0.123. The van der Waals surface area contributed by atoms with Gasteiger partial charge in [0, 0.05) is 13.7 Å². The van der Waals surface area contributed by atoms with Gasteiger partial charge in [0.05, 0.1) is 12.1 Å². The molecular weight excluding hydrogens is 276 g/mol. The van der Waals surface area contributed by atoms with Crippen molar-refractivity contribution < 1.29 is 9.53 Å². The Hall–Kier alpha value is -1.10. The Morgan fingerprint density at radius 3 is 2.40 bits per heavy atom. The summed E-state index contributed by atoms with van der Waals surface area (Å²) in [6, 6.07) is 9.26. The molecule has 1 aromatic carbocycles. The van der Waals surface area contributed by atoms with Gasteiger partial charge in [0.1, 0.15) is 0 Å². The summed E-state index contributed by atoms with van der Waals surface area (Å²) in [5, 5.41) is 2.85. The van der Waals surface area contributed by atoms with E-state index in [0.717, 1.165) is 5.56 Å². The summed E-state index contributed by atoms with van der Waals surface area (Å²) in [4.78, 5) is 11.9. The van der Waals surface area contributed by atoms with Crippen LogP contribution in [0.15, 0.2) is 30.3 Å². The molecule has 2 atom stereocenters. The lowest BCUT2D eigenvalue weighted by Gasteiger charge is -2.21. The number of benzene rings is 1. The molecule has 0 aliphatic rings. The maximum atomic E-state index is 11.9. The van der Waals surface area contributed by atoms with E-state index < -0.39 is 6.04 Å². The molecule has 0 bridgehead atoms. The van der Waals surface area contributed by atoms with Crippen LogP contribution in [-0.2, 0) is 16.0 Å². The van der Waals surface area contributed by atoms with Crippen molar-refractivity contribution in [3.8, 4) is 0 Å². The minimum absolute atomic E-state index is 0. The van der Waals surface area contributed by atoms with Crippen molar-refractivity contribution >= 4 is 18.3 Å². The van der Waals surface area contributed by atoms with Crippen LogP contribution in [0.2, 0.25) is 0 Å². The van der Waals surface area contributed by atoms with Crippen LogP contribution in [0.25, 0.3) is 0 Å². The summed E-state index contributed by atoms with van der Waals surface area (Å²) in [5.41, 5.74) is 6.97. The first-order valence-corrected chi connectivity index (χ1v) is 6.64. The number of nitrogens with one attached hydrogen (secondary N) is 1. The highest BCUT2D eigenvalue weighted by molar-refractivity contribution is 5.85. The lowest BCUT2D eigenvalue weighted by Crippen LogP contribution is -2.45. The Morgan fingerprint density at radius 1 is 1.30 bits per heavy atom. The number of carbonyl (C=O) groups is 1. The summed E-state index contributed by atoms with van der Waals surface area (Å²) >= 11 is 0. The topological polar surface area (TPSA) is 64.3 Å². The average molecular weight is 301 g/mol. The molecule has 5 heteroatoms. The van der Waals surface area contributed by atoms with Crippen molar-refractivity contribution in [1.29, 1.82) is 0 Å². The van der Waals surface area contributed by atoms with Gasteiger partial charge in [0.25, 0.3) is 0 Å². The molecule has 0 fully saturated rings. The number of rotatable bonds is 7. The zero-order valence-electron chi connectivity index (χ0n) is 12.3. The molecule has 0 saturated carbocycles. The first kappa shape index (κ1) is 18.9. The number of amides is 1. The molecule has 0 aliphatic heterocycles. The maximum Gasteiger partial charge on any atom is 0.237 e. The van der Waals surface area contributed by atoms with Crippen LogP contribution < -0.4 is 11.1 Å². The Labute approximate surface area is 127 Å². The predicted molar refractivity (Wildman–Crippen MR) is 84.0 cm³/mol. The molecule has 4 nitrogen and oxygen atoms in total.